The molecule has 0 aromatic heterocycles. The monoisotopic (exact) mass is 268 g/mol. The summed E-state index contributed by atoms with van der Waals surface area (Å²) in [6.45, 7) is 3.05. The second-order valence-electron chi connectivity index (χ2n) is 6.40. The zero-order chi connectivity index (χ0) is 13.7. The number of carbonyl (C=O) groups excluding carboxylic acids is 1. The van der Waals surface area contributed by atoms with Crippen molar-refractivity contribution in [3.05, 3.63) is 0 Å². The molecule has 0 aliphatic heterocycles. The highest BCUT2D eigenvalue weighted by Gasteiger charge is 2.32. The topological polar surface area (TPSA) is 35.5 Å². The van der Waals surface area contributed by atoms with Gasteiger partial charge in [-0.3, -0.25) is 4.79 Å². The van der Waals surface area contributed by atoms with Crippen molar-refractivity contribution in [2.24, 2.45) is 17.8 Å². The Balaban J connectivity index is 1.75. The van der Waals surface area contributed by atoms with E-state index < -0.39 is 0 Å². The van der Waals surface area contributed by atoms with Crippen molar-refractivity contribution >= 4 is 6.47 Å². The van der Waals surface area contributed by atoms with E-state index in [1.807, 2.05) is 7.11 Å². The number of rotatable bonds is 5. The molecule has 2 aliphatic carbocycles. The van der Waals surface area contributed by atoms with Crippen molar-refractivity contribution in [3.63, 3.8) is 0 Å². The van der Waals surface area contributed by atoms with Gasteiger partial charge in [0.1, 0.15) is 6.10 Å². The Bertz CT molecular complexity index is 263. The molecule has 2 fully saturated rings. The van der Waals surface area contributed by atoms with Crippen LogP contribution in [-0.4, -0.2) is 25.8 Å². The first-order valence-corrected chi connectivity index (χ1v) is 7.86. The zero-order valence-electron chi connectivity index (χ0n) is 12.3. The van der Waals surface area contributed by atoms with Crippen molar-refractivity contribution in [2.75, 3.05) is 7.11 Å². The van der Waals surface area contributed by atoms with E-state index in [1.54, 1.807) is 0 Å². The zero-order valence-corrected chi connectivity index (χ0v) is 12.3. The third-order valence-electron chi connectivity index (χ3n) is 5.51. The third-order valence-corrected chi connectivity index (χ3v) is 5.51. The van der Waals surface area contributed by atoms with Gasteiger partial charge < -0.3 is 9.47 Å². The Hall–Kier alpha value is -0.570. The van der Waals surface area contributed by atoms with Gasteiger partial charge in [-0.25, -0.2) is 0 Å². The number of ether oxygens (including phenoxy) is 2. The highest BCUT2D eigenvalue weighted by Crippen LogP contribution is 2.40. The fraction of sp³-hybridized carbons (Fsp3) is 0.938. The highest BCUT2D eigenvalue weighted by atomic mass is 16.5. The molecule has 2 aliphatic rings. The van der Waals surface area contributed by atoms with E-state index in [2.05, 4.69) is 6.92 Å². The lowest BCUT2D eigenvalue weighted by atomic mass is 9.70. The SMILES string of the molecule is COC1CCC(C(C)C2CCC(OC=O)CC2)CC1. The summed E-state index contributed by atoms with van der Waals surface area (Å²) in [5.74, 6) is 2.52. The molecule has 0 spiro atoms. The van der Waals surface area contributed by atoms with Crippen LogP contribution in [0.15, 0.2) is 0 Å². The largest absolute Gasteiger partial charge is 0.465 e. The Labute approximate surface area is 117 Å². The highest BCUT2D eigenvalue weighted by molar-refractivity contribution is 5.37. The lowest BCUT2D eigenvalue weighted by Crippen LogP contribution is -2.31. The number of methoxy groups -OCH3 is 1. The average Bonchev–Trinajstić information content (AvgIpc) is 2.48. The Morgan fingerprint density at radius 3 is 1.79 bits per heavy atom. The molecule has 1 unspecified atom stereocenters. The first-order chi connectivity index (χ1) is 9.24. The molecule has 2 saturated carbocycles. The van der Waals surface area contributed by atoms with Gasteiger partial charge in [0, 0.05) is 7.11 Å². The molecule has 0 radical (unpaired) electrons. The predicted octanol–water partition coefficient (Wildman–Crippen LogP) is 3.56. The first kappa shape index (κ1) is 14.8. The molecule has 0 saturated heterocycles. The molecule has 0 N–H and O–H groups in total. The summed E-state index contributed by atoms with van der Waals surface area (Å²) >= 11 is 0. The molecule has 0 heterocycles. The summed E-state index contributed by atoms with van der Waals surface area (Å²) in [6.07, 6.45) is 10.4. The van der Waals surface area contributed by atoms with E-state index in [1.165, 1.54) is 38.5 Å². The van der Waals surface area contributed by atoms with E-state index in [9.17, 15) is 4.79 Å². The summed E-state index contributed by atoms with van der Waals surface area (Å²) in [7, 11) is 1.84. The minimum atomic E-state index is 0.185. The summed E-state index contributed by atoms with van der Waals surface area (Å²) < 4.78 is 10.5. The molecule has 0 bridgehead atoms. The maximum Gasteiger partial charge on any atom is 0.293 e. The number of hydrogen-bond acceptors (Lipinski definition) is 3. The predicted molar refractivity (Wildman–Crippen MR) is 74.8 cm³/mol. The van der Waals surface area contributed by atoms with Gasteiger partial charge in [-0.1, -0.05) is 6.92 Å². The normalized spacial score (nSPS) is 37.6. The maximum atomic E-state index is 10.4. The summed E-state index contributed by atoms with van der Waals surface area (Å²) in [4.78, 5) is 10.4. The summed E-state index contributed by atoms with van der Waals surface area (Å²) in [5, 5.41) is 0. The first-order valence-electron chi connectivity index (χ1n) is 7.86. The van der Waals surface area contributed by atoms with Crippen LogP contribution in [0.1, 0.15) is 58.3 Å². The van der Waals surface area contributed by atoms with Gasteiger partial charge in [-0.05, 0) is 69.1 Å². The van der Waals surface area contributed by atoms with Gasteiger partial charge in [0.2, 0.25) is 0 Å². The van der Waals surface area contributed by atoms with Crippen LogP contribution in [-0.2, 0) is 14.3 Å². The van der Waals surface area contributed by atoms with E-state index >= 15 is 0 Å². The Morgan fingerprint density at radius 2 is 1.37 bits per heavy atom. The van der Waals surface area contributed by atoms with Gasteiger partial charge in [-0.15, -0.1) is 0 Å². The van der Waals surface area contributed by atoms with Crippen LogP contribution in [0.25, 0.3) is 0 Å². The van der Waals surface area contributed by atoms with Crippen LogP contribution >= 0.6 is 0 Å². The van der Waals surface area contributed by atoms with Crippen LogP contribution in [0.2, 0.25) is 0 Å². The molecular weight excluding hydrogens is 240 g/mol. The standard InChI is InChI=1S/C16H28O3/c1-12(13-3-7-15(18-2)8-4-13)14-5-9-16(10-6-14)19-11-17/h11-16H,3-10H2,1-2H3. The molecule has 19 heavy (non-hydrogen) atoms. The van der Waals surface area contributed by atoms with Crippen molar-refractivity contribution in [3.8, 4) is 0 Å². The minimum Gasteiger partial charge on any atom is -0.465 e. The van der Waals surface area contributed by atoms with Crippen LogP contribution in [0.4, 0.5) is 0 Å². The van der Waals surface area contributed by atoms with Gasteiger partial charge in [0.05, 0.1) is 6.10 Å². The molecule has 3 heteroatoms. The molecule has 1 atom stereocenters. The summed E-state index contributed by atoms with van der Waals surface area (Å²) in [5.41, 5.74) is 0. The van der Waals surface area contributed by atoms with Crippen LogP contribution in [0, 0.1) is 17.8 Å². The lowest BCUT2D eigenvalue weighted by Gasteiger charge is -2.38. The van der Waals surface area contributed by atoms with Gasteiger partial charge in [0.25, 0.3) is 6.47 Å². The van der Waals surface area contributed by atoms with E-state index in [0.717, 1.165) is 30.6 Å². The lowest BCUT2D eigenvalue weighted by molar-refractivity contribution is -0.135. The Kier molecular flexibility index (Phi) is 5.68. The second kappa shape index (κ2) is 7.28. The number of hydrogen-bond donors (Lipinski definition) is 0. The fourth-order valence-electron chi connectivity index (χ4n) is 4.06. The van der Waals surface area contributed by atoms with Crippen molar-refractivity contribution < 1.29 is 14.3 Å². The molecule has 2 rings (SSSR count). The van der Waals surface area contributed by atoms with E-state index in [0.29, 0.717) is 12.6 Å². The van der Waals surface area contributed by atoms with Crippen LogP contribution in [0.3, 0.4) is 0 Å². The van der Waals surface area contributed by atoms with E-state index in [-0.39, 0.29) is 6.10 Å². The van der Waals surface area contributed by atoms with Crippen molar-refractivity contribution in [1.82, 2.24) is 0 Å². The molecular formula is C16H28O3. The fourth-order valence-corrected chi connectivity index (χ4v) is 4.06. The maximum absolute atomic E-state index is 10.4. The van der Waals surface area contributed by atoms with Crippen molar-refractivity contribution in [2.45, 2.75) is 70.5 Å². The van der Waals surface area contributed by atoms with E-state index in [4.69, 9.17) is 9.47 Å². The molecule has 0 aromatic rings. The smallest absolute Gasteiger partial charge is 0.293 e. The molecule has 3 nitrogen and oxygen atoms in total. The van der Waals surface area contributed by atoms with Crippen LogP contribution < -0.4 is 0 Å². The number of carbonyl (C=O) groups is 1. The average molecular weight is 268 g/mol. The minimum absolute atomic E-state index is 0.185. The van der Waals surface area contributed by atoms with Gasteiger partial charge in [0.15, 0.2) is 0 Å². The Morgan fingerprint density at radius 1 is 0.895 bits per heavy atom. The van der Waals surface area contributed by atoms with Gasteiger partial charge >= 0.3 is 0 Å². The van der Waals surface area contributed by atoms with Crippen molar-refractivity contribution in [1.29, 1.82) is 0 Å². The molecule has 0 amide bonds. The van der Waals surface area contributed by atoms with Gasteiger partial charge in [-0.2, -0.15) is 0 Å². The summed E-state index contributed by atoms with van der Waals surface area (Å²) in [6, 6.07) is 0. The van der Waals surface area contributed by atoms with Crippen LogP contribution in [0.5, 0.6) is 0 Å². The molecule has 0 aromatic carbocycles. The quantitative estimate of drug-likeness (QED) is 0.715. The molecule has 110 valence electrons. The second-order valence-corrected chi connectivity index (χ2v) is 6.40. The third kappa shape index (κ3) is 3.95.